The first kappa shape index (κ1) is 12.4. The minimum Gasteiger partial charge on any atom is -0.375 e. The molecular weight excluding hydrogens is 246 g/mol. The molecule has 2 fully saturated rings. The molecule has 0 radical (unpaired) electrons. The Balaban J connectivity index is 1.58. The fourth-order valence-electron chi connectivity index (χ4n) is 4.00. The number of hydrogen-bond acceptors (Lipinski definition) is 2. The molecule has 4 unspecified atom stereocenters. The van der Waals surface area contributed by atoms with Crippen LogP contribution in [-0.4, -0.2) is 18.2 Å². The van der Waals surface area contributed by atoms with Gasteiger partial charge in [0.15, 0.2) is 0 Å². The van der Waals surface area contributed by atoms with E-state index < -0.39 is 0 Å². The minimum absolute atomic E-state index is 0.219. The van der Waals surface area contributed by atoms with Crippen molar-refractivity contribution in [2.24, 2.45) is 11.7 Å². The molecule has 2 aromatic carbocycles. The van der Waals surface area contributed by atoms with E-state index in [2.05, 4.69) is 42.5 Å². The van der Waals surface area contributed by atoms with Crippen molar-refractivity contribution in [3.05, 3.63) is 48.0 Å². The highest BCUT2D eigenvalue weighted by molar-refractivity contribution is 5.85. The molecule has 0 aliphatic carbocycles. The molecule has 2 aliphatic rings. The monoisotopic (exact) mass is 267 g/mol. The van der Waals surface area contributed by atoms with Crippen molar-refractivity contribution in [3.63, 3.8) is 0 Å². The van der Waals surface area contributed by atoms with E-state index in [1.807, 2.05) is 0 Å². The lowest BCUT2D eigenvalue weighted by Crippen LogP contribution is -2.38. The molecule has 20 heavy (non-hydrogen) atoms. The Morgan fingerprint density at radius 1 is 1.10 bits per heavy atom. The molecule has 2 N–H and O–H groups in total. The van der Waals surface area contributed by atoms with Gasteiger partial charge in [-0.15, -0.1) is 0 Å². The van der Waals surface area contributed by atoms with Crippen LogP contribution in [0, 0.1) is 5.92 Å². The Morgan fingerprint density at radius 2 is 1.95 bits per heavy atom. The molecule has 104 valence electrons. The summed E-state index contributed by atoms with van der Waals surface area (Å²) in [5, 5.41) is 2.65. The fraction of sp³-hybridized carbons (Fsp3) is 0.444. The van der Waals surface area contributed by atoms with Gasteiger partial charge in [0, 0.05) is 12.0 Å². The molecule has 0 saturated carbocycles. The number of benzene rings is 2. The summed E-state index contributed by atoms with van der Waals surface area (Å²) in [5.41, 5.74) is 7.88. The lowest BCUT2D eigenvalue weighted by molar-refractivity contribution is 0.0885. The molecule has 2 nitrogen and oxygen atoms in total. The van der Waals surface area contributed by atoms with Crippen LogP contribution < -0.4 is 5.73 Å². The van der Waals surface area contributed by atoms with Gasteiger partial charge >= 0.3 is 0 Å². The van der Waals surface area contributed by atoms with Crippen LogP contribution in [0.2, 0.25) is 0 Å². The number of ether oxygens (including phenoxy) is 1. The van der Waals surface area contributed by atoms with Gasteiger partial charge in [-0.05, 0) is 42.0 Å². The van der Waals surface area contributed by atoms with E-state index in [9.17, 15) is 0 Å². The first-order valence-corrected chi connectivity index (χ1v) is 7.69. The van der Waals surface area contributed by atoms with Crippen LogP contribution >= 0.6 is 0 Å². The van der Waals surface area contributed by atoms with E-state index in [0.29, 0.717) is 18.1 Å². The third kappa shape index (κ3) is 2.04. The van der Waals surface area contributed by atoms with Gasteiger partial charge < -0.3 is 10.5 Å². The van der Waals surface area contributed by atoms with Crippen LogP contribution in [0.25, 0.3) is 10.8 Å². The summed E-state index contributed by atoms with van der Waals surface area (Å²) in [5.74, 6) is 0.549. The summed E-state index contributed by atoms with van der Waals surface area (Å²) in [6.45, 7) is 0. The average Bonchev–Trinajstić information content (AvgIpc) is 3.10. The van der Waals surface area contributed by atoms with Crippen LogP contribution in [0.15, 0.2) is 42.5 Å². The standard InChI is InChI=1S/C18H21NO/c19-17(16-11-14-8-9-18(16)20-14)10-13-6-3-5-12-4-1-2-7-15(12)13/h1-7,14,16-18H,8-11,19H2. The number of hydrogen-bond donors (Lipinski definition) is 1. The topological polar surface area (TPSA) is 35.2 Å². The zero-order chi connectivity index (χ0) is 13.5. The molecule has 2 bridgehead atoms. The van der Waals surface area contributed by atoms with Crippen LogP contribution in [0.3, 0.4) is 0 Å². The van der Waals surface area contributed by atoms with Gasteiger partial charge in [-0.1, -0.05) is 42.5 Å². The minimum atomic E-state index is 0.219. The van der Waals surface area contributed by atoms with Gasteiger partial charge in [0.25, 0.3) is 0 Å². The summed E-state index contributed by atoms with van der Waals surface area (Å²) in [4.78, 5) is 0. The van der Waals surface area contributed by atoms with Crippen molar-refractivity contribution in [2.75, 3.05) is 0 Å². The highest BCUT2D eigenvalue weighted by Crippen LogP contribution is 2.40. The van der Waals surface area contributed by atoms with Gasteiger partial charge in [0.2, 0.25) is 0 Å². The maximum absolute atomic E-state index is 6.51. The summed E-state index contributed by atoms with van der Waals surface area (Å²) >= 11 is 0. The quantitative estimate of drug-likeness (QED) is 0.926. The van der Waals surface area contributed by atoms with Crippen molar-refractivity contribution < 1.29 is 4.74 Å². The Labute approximate surface area is 119 Å². The summed E-state index contributed by atoms with van der Waals surface area (Å²) in [7, 11) is 0. The first-order chi connectivity index (χ1) is 9.81. The molecule has 0 spiro atoms. The van der Waals surface area contributed by atoms with E-state index in [1.54, 1.807) is 0 Å². The second-order valence-corrected chi connectivity index (χ2v) is 6.28. The predicted molar refractivity (Wildman–Crippen MR) is 81.6 cm³/mol. The molecule has 2 saturated heterocycles. The molecule has 2 aromatic rings. The van der Waals surface area contributed by atoms with Crippen molar-refractivity contribution >= 4 is 10.8 Å². The normalized spacial score (nSPS) is 29.9. The lowest BCUT2D eigenvalue weighted by Gasteiger charge is -2.25. The van der Waals surface area contributed by atoms with E-state index in [-0.39, 0.29) is 6.04 Å². The Morgan fingerprint density at radius 3 is 2.75 bits per heavy atom. The van der Waals surface area contributed by atoms with Crippen LogP contribution in [0.1, 0.15) is 24.8 Å². The number of fused-ring (bicyclic) bond motifs is 3. The van der Waals surface area contributed by atoms with E-state index in [0.717, 1.165) is 12.8 Å². The molecule has 2 heteroatoms. The average molecular weight is 267 g/mol. The van der Waals surface area contributed by atoms with Gasteiger partial charge in [-0.25, -0.2) is 0 Å². The van der Waals surface area contributed by atoms with Gasteiger partial charge in [0.05, 0.1) is 12.2 Å². The molecule has 2 heterocycles. The Hall–Kier alpha value is -1.38. The van der Waals surface area contributed by atoms with E-state index in [4.69, 9.17) is 10.5 Å². The SMILES string of the molecule is NC(Cc1cccc2ccccc12)C1CC2CCC1O2. The second-order valence-electron chi connectivity index (χ2n) is 6.28. The predicted octanol–water partition coefficient (Wildman–Crippen LogP) is 3.28. The highest BCUT2D eigenvalue weighted by Gasteiger charge is 2.43. The number of rotatable bonds is 3. The Bertz CT molecular complexity index is 618. The van der Waals surface area contributed by atoms with Crippen molar-refractivity contribution in [3.8, 4) is 0 Å². The highest BCUT2D eigenvalue weighted by atomic mass is 16.5. The molecular formula is C18H21NO. The number of nitrogens with two attached hydrogens (primary N) is 1. The van der Waals surface area contributed by atoms with Gasteiger partial charge in [-0.2, -0.15) is 0 Å². The molecule has 4 rings (SSSR count). The molecule has 4 atom stereocenters. The van der Waals surface area contributed by atoms with Gasteiger partial charge in [0.1, 0.15) is 0 Å². The maximum Gasteiger partial charge on any atom is 0.0623 e. The lowest BCUT2D eigenvalue weighted by atomic mass is 9.81. The van der Waals surface area contributed by atoms with Gasteiger partial charge in [-0.3, -0.25) is 0 Å². The third-order valence-electron chi connectivity index (χ3n) is 5.04. The van der Waals surface area contributed by atoms with Crippen molar-refractivity contribution in [1.82, 2.24) is 0 Å². The van der Waals surface area contributed by atoms with E-state index >= 15 is 0 Å². The van der Waals surface area contributed by atoms with Crippen molar-refractivity contribution in [2.45, 2.75) is 43.9 Å². The summed E-state index contributed by atoms with van der Waals surface area (Å²) < 4.78 is 5.95. The molecule has 0 aromatic heterocycles. The van der Waals surface area contributed by atoms with Crippen molar-refractivity contribution in [1.29, 1.82) is 0 Å². The Kier molecular flexibility index (Phi) is 3.01. The second kappa shape index (κ2) is 4.87. The zero-order valence-electron chi connectivity index (χ0n) is 11.7. The molecule has 0 amide bonds. The first-order valence-electron chi connectivity index (χ1n) is 7.69. The van der Waals surface area contributed by atoms with Crippen LogP contribution in [0.5, 0.6) is 0 Å². The third-order valence-corrected chi connectivity index (χ3v) is 5.04. The van der Waals surface area contributed by atoms with Crippen LogP contribution in [0.4, 0.5) is 0 Å². The fourth-order valence-corrected chi connectivity index (χ4v) is 4.00. The van der Waals surface area contributed by atoms with E-state index in [1.165, 1.54) is 29.2 Å². The smallest absolute Gasteiger partial charge is 0.0623 e. The zero-order valence-corrected chi connectivity index (χ0v) is 11.7. The summed E-state index contributed by atoms with van der Waals surface area (Å²) in [6, 6.07) is 15.3. The maximum atomic E-state index is 6.51. The molecule has 2 aliphatic heterocycles. The summed E-state index contributed by atoms with van der Waals surface area (Å²) in [6.07, 6.45) is 5.48. The van der Waals surface area contributed by atoms with Crippen LogP contribution in [-0.2, 0) is 11.2 Å². The largest absolute Gasteiger partial charge is 0.375 e.